The van der Waals surface area contributed by atoms with Crippen molar-refractivity contribution < 1.29 is 23.1 Å². The lowest BCUT2D eigenvalue weighted by molar-refractivity contribution is -0.137. The van der Waals surface area contributed by atoms with Gasteiger partial charge in [-0.25, -0.2) is 0 Å². The normalized spacial score (nSPS) is 11.4. The molecule has 0 aliphatic carbocycles. The van der Waals surface area contributed by atoms with Crippen molar-refractivity contribution in [2.24, 2.45) is 0 Å². The highest BCUT2D eigenvalue weighted by atomic mass is 35.5. The van der Waals surface area contributed by atoms with Crippen LogP contribution < -0.4 is 5.32 Å². The summed E-state index contributed by atoms with van der Waals surface area (Å²) in [6.07, 6.45) is -4.53. The maximum absolute atomic E-state index is 12.8. The van der Waals surface area contributed by atoms with E-state index in [1.165, 1.54) is 25.1 Å². The monoisotopic (exact) mass is 363 g/mol. The Kier molecular flexibility index (Phi) is 4.77. The minimum absolute atomic E-state index is 0.0576. The average Bonchev–Trinajstić information content (AvgIpc) is 2.41. The molecule has 122 valence electrons. The lowest BCUT2D eigenvalue weighted by atomic mass is 10.1. The number of rotatable bonds is 2. The number of benzene rings is 2. The van der Waals surface area contributed by atoms with Gasteiger partial charge in [-0.15, -0.1) is 0 Å². The Morgan fingerprint density at radius 1 is 1.13 bits per heavy atom. The van der Waals surface area contributed by atoms with E-state index in [4.69, 9.17) is 23.2 Å². The summed E-state index contributed by atoms with van der Waals surface area (Å²) in [5.74, 6) is -1.33. The van der Waals surface area contributed by atoms with Crippen LogP contribution in [0.2, 0.25) is 10.0 Å². The lowest BCUT2D eigenvalue weighted by Gasteiger charge is -2.12. The van der Waals surface area contributed by atoms with Gasteiger partial charge in [-0.3, -0.25) is 4.79 Å². The van der Waals surface area contributed by atoms with E-state index < -0.39 is 23.4 Å². The van der Waals surface area contributed by atoms with E-state index in [1.807, 2.05) is 0 Å². The molecule has 3 nitrogen and oxygen atoms in total. The zero-order chi connectivity index (χ0) is 17.4. The van der Waals surface area contributed by atoms with E-state index in [0.717, 1.165) is 12.1 Å². The van der Waals surface area contributed by atoms with Crippen LogP contribution in [0.5, 0.6) is 5.75 Å². The van der Waals surface area contributed by atoms with Crippen LogP contribution in [-0.2, 0) is 6.18 Å². The van der Waals surface area contributed by atoms with E-state index in [1.54, 1.807) is 0 Å². The predicted octanol–water partition coefficient (Wildman–Crippen LogP) is 5.28. The van der Waals surface area contributed by atoms with Crippen LogP contribution in [0.25, 0.3) is 0 Å². The van der Waals surface area contributed by atoms with Gasteiger partial charge in [0.15, 0.2) is 0 Å². The molecule has 0 saturated carbocycles. The molecule has 0 radical (unpaired) electrons. The summed E-state index contributed by atoms with van der Waals surface area (Å²) in [4.78, 5) is 12.1. The Morgan fingerprint density at radius 2 is 1.78 bits per heavy atom. The predicted molar refractivity (Wildman–Crippen MR) is 82.3 cm³/mol. The number of anilines is 1. The summed E-state index contributed by atoms with van der Waals surface area (Å²) in [6.45, 7) is 1.47. The smallest absolute Gasteiger partial charge is 0.416 e. The molecule has 0 aromatic heterocycles. The Morgan fingerprint density at radius 3 is 2.39 bits per heavy atom. The van der Waals surface area contributed by atoms with Gasteiger partial charge in [0.05, 0.1) is 16.1 Å². The van der Waals surface area contributed by atoms with Crippen LogP contribution in [0.15, 0.2) is 30.3 Å². The van der Waals surface area contributed by atoms with Gasteiger partial charge in [0.2, 0.25) is 0 Å². The van der Waals surface area contributed by atoms with E-state index >= 15 is 0 Å². The number of phenolic OH excluding ortho intramolecular Hbond substituents is 1. The molecule has 1 amide bonds. The van der Waals surface area contributed by atoms with Crippen molar-refractivity contribution in [3.8, 4) is 5.75 Å². The Balaban J connectivity index is 2.36. The van der Waals surface area contributed by atoms with E-state index in [2.05, 4.69) is 5.32 Å². The van der Waals surface area contributed by atoms with Crippen molar-refractivity contribution in [2.45, 2.75) is 13.1 Å². The van der Waals surface area contributed by atoms with Crippen LogP contribution in [-0.4, -0.2) is 11.0 Å². The number of hydrogen-bond acceptors (Lipinski definition) is 2. The summed E-state index contributed by atoms with van der Waals surface area (Å²) in [5, 5.41) is 12.0. The second kappa shape index (κ2) is 6.29. The van der Waals surface area contributed by atoms with E-state index in [-0.39, 0.29) is 21.3 Å². The Labute approximate surface area is 139 Å². The maximum Gasteiger partial charge on any atom is 0.416 e. The molecule has 2 aromatic rings. The van der Waals surface area contributed by atoms with Crippen LogP contribution in [0.3, 0.4) is 0 Å². The quantitative estimate of drug-likeness (QED) is 0.762. The fourth-order valence-corrected chi connectivity index (χ4v) is 2.45. The third-order valence-electron chi connectivity index (χ3n) is 2.94. The van der Waals surface area contributed by atoms with Gasteiger partial charge in [0.25, 0.3) is 5.91 Å². The van der Waals surface area contributed by atoms with E-state index in [9.17, 15) is 23.1 Å². The third-order valence-corrected chi connectivity index (χ3v) is 3.44. The molecule has 0 bridgehead atoms. The van der Waals surface area contributed by atoms with Gasteiger partial charge in [-0.1, -0.05) is 23.2 Å². The maximum atomic E-state index is 12.8. The lowest BCUT2D eigenvalue weighted by Crippen LogP contribution is -2.14. The molecule has 2 aromatic carbocycles. The van der Waals surface area contributed by atoms with Crippen LogP contribution in [0, 0.1) is 6.92 Å². The molecule has 2 rings (SSSR count). The number of aromatic hydroxyl groups is 1. The van der Waals surface area contributed by atoms with Crippen molar-refractivity contribution in [3.63, 3.8) is 0 Å². The third kappa shape index (κ3) is 4.09. The van der Waals surface area contributed by atoms with Crippen LogP contribution in [0.4, 0.5) is 18.9 Å². The summed E-state index contributed by atoms with van der Waals surface area (Å²) < 4.78 is 38.4. The van der Waals surface area contributed by atoms with Gasteiger partial charge in [-0.2, -0.15) is 13.2 Å². The minimum atomic E-state index is -4.53. The van der Waals surface area contributed by atoms with Gasteiger partial charge >= 0.3 is 6.18 Å². The molecule has 0 heterocycles. The highest BCUT2D eigenvalue weighted by molar-refractivity contribution is 6.36. The highest BCUT2D eigenvalue weighted by Gasteiger charge is 2.31. The van der Waals surface area contributed by atoms with Gasteiger partial charge < -0.3 is 10.4 Å². The number of halogens is 5. The van der Waals surface area contributed by atoms with Crippen LogP contribution in [0.1, 0.15) is 21.5 Å². The number of nitrogens with one attached hydrogen (secondary N) is 1. The summed E-state index contributed by atoms with van der Waals surface area (Å²) >= 11 is 11.5. The van der Waals surface area contributed by atoms with Crippen molar-refractivity contribution in [2.75, 3.05) is 5.32 Å². The van der Waals surface area contributed by atoms with Crippen LogP contribution >= 0.6 is 23.2 Å². The molecule has 2 N–H and O–H groups in total. The molecule has 0 spiro atoms. The molecule has 8 heteroatoms. The number of amides is 1. The summed E-state index contributed by atoms with van der Waals surface area (Å²) in [5.41, 5.74) is -0.861. The number of carbonyl (C=O) groups excluding carboxylic acids is 1. The fourth-order valence-electron chi connectivity index (χ4n) is 1.96. The van der Waals surface area contributed by atoms with Gasteiger partial charge in [0.1, 0.15) is 5.75 Å². The average molecular weight is 364 g/mol. The Hall–Kier alpha value is -1.92. The highest BCUT2D eigenvalue weighted by Crippen LogP contribution is 2.34. The molecular formula is C15H10Cl2F3NO2. The van der Waals surface area contributed by atoms with Crippen molar-refractivity contribution in [1.29, 1.82) is 0 Å². The van der Waals surface area contributed by atoms with Gasteiger partial charge in [0, 0.05) is 10.7 Å². The van der Waals surface area contributed by atoms with Crippen molar-refractivity contribution in [3.05, 3.63) is 57.1 Å². The zero-order valence-corrected chi connectivity index (χ0v) is 13.1. The second-order valence-corrected chi connectivity index (χ2v) is 5.67. The number of carbonyl (C=O) groups is 1. The fraction of sp³-hybridized carbons (Fsp3) is 0.133. The molecular weight excluding hydrogens is 354 g/mol. The molecule has 0 aliphatic rings. The first-order valence-corrected chi connectivity index (χ1v) is 7.02. The summed E-state index contributed by atoms with van der Waals surface area (Å²) in [7, 11) is 0. The number of phenols is 1. The molecule has 0 atom stereocenters. The standard InChI is InChI=1S/C15H10Cl2F3NO2/c1-7-2-8(15(18,19)20)4-10(3-7)21-14(23)11-5-9(16)6-12(17)13(11)22/h2-6,22H,1H3,(H,21,23). The molecule has 0 fully saturated rings. The molecule has 0 aliphatic heterocycles. The number of alkyl halides is 3. The van der Waals surface area contributed by atoms with Crippen molar-refractivity contribution >= 4 is 34.8 Å². The molecule has 0 saturated heterocycles. The Bertz CT molecular complexity index is 776. The number of aryl methyl sites for hydroxylation is 1. The molecule has 23 heavy (non-hydrogen) atoms. The first-order valence-electron chi connectivity index (χ1n) is 6.26. The minimum Gasteiger partial charge on any atom is -0.506 e. The van der Waals surface area contributed by atoms with E-state index in [0.29, 0.717) is 5.56 Å². The van der Waals surface area contributed by atoms with Gasteiger partial charge in [-0.05, 0) is 42.8 Å². The largest absolute Gasteiger partial charge is 0.506 e. The first-order chi connectivity index (χ1) is 10.6. The summed E-state index contributed by atoms with van der Waals surface area (Å²) in [6, 6.07) is 5.54. The zero-order valence-electron chi connectivity index (χ0n) is 11.6. The first kappa shape index (κ1) is 17.4. The van der Waals surface area contributed by atoms with Crippen molar-refractivity contribution in [1.82, 2.24) is 0 Å². The topological polar surface area (TPSA) is 49.3 Å². The second-order valence-electron chi connectivity index (χ2n) is 4.82. The number of hydrogen-bond donors (Lipinski definition) is 2. The SMILES string of the molecule is Cc1cc(NC(=O)c2cc(Cl)cc(Cl)c2O)cc(C(F)(F)F)c1. The molecule has 0 unspecified atom stereocenters.